The van der Waals surface area contributed by atoms with Gasteiger partial charge in [-0.1, -0.05) is 0 Å². The van der Waals surface area contributed by atoms with E-state index in [-0.39, 0.29) is 24.6 Å². The number of rotatable bonds is 8. The van der Waals surface area contributed by atoms with Crippen molar-refractivity contribution < 1.29 is 29.0 Å². The molecule has 9 heteroatoms. The van der Waals surface area contributed by atoms with Crippen molar-refractivity contribution in [3.63, 3.8) is 0 Å². The van der Waals surface area contributed by atoms with Crippen LogP contribution in [-0.4, -0.2) is 61.5 Å². The summed E-state index contributed by atoms with van der Waals surface area (Å²) in [5.74, 6) is -1.24. The molecule has 9 nitrogen and oxygen atoms in total. The molecule has 3 amide bonds. The predicted octanol–water partition coefficient (Wildman–Crippen LogP) is 1.61. The number of carbonyl (C=O) groups is 3. The zero-order chi connectivity index (χ0) is 20.9. The van der Waals surface area contributed by atoms with Gasteiger partial charge in [-0.3, -0.25) is 9.69 Å². The van der Waals surface area contributed by atoms with Crippen molar-refractivity contribution in [3.05, 3.63) is 23.8 Å². The SMILES string of the molecule is COc1ccc(C(=O)NC(CCOC(C)(C)C)C(=O)O)cc1N1CCNC1=O. The van der Waals surface area contributed by atoms with Crippen LogP contribution in [0.3, 0.4) is 0 Å². The number of methoxy groups -OCH3 is 1. The van der Waals surface area contributed by atoms with E-state index in [1.807, 2.05) is 20.8 Å². The van der Waals surface area contributed by atoms with E-state index < -0.39 is 23.5 Å². The first-order valence-corrected chi connectivity index (χ1v) is 9.03. The lowest BCUT2D eigenvalue weighted by Gasteiger charge is -2.22. The molecule has 1 fully saturated rings. The Hall–Kier alpha value is -2.81. The highest BCUT2D eigenvalue weighted by atomic mass is 16.5. The van der Waals surface area contributed by atoms with E-state index in [0.29, 0.717) is 24.5 Å². The van der Waals surface area contributed by atoms with Crippen molar-refractivity contribution in [2.24, 2.45) is 0 Å². The van der Waals surface area contributed by atoms with Crippen LogP contribution in [0.5, 0.6) is 5.75 Å². The molecule has 1 atom stereocenters. The molecule has 2 rings (SSSR count). The number of nitrogens with zero attached hydrogens (tertiary/aromatic N) is 1. The number of amides is 3. The fraction of sp³-hybridized carbons (Fsp3) is 0.526. The Bertz CT molecular complexity index is 744. The van der Waals surface area contributed by atoms with Crippen molar-refractivity contribution in [1.82, 2.24) is 10.6 Å². The summed E-state index contributed by atoms with van der Waals surface area (Å²) in [6, 6.07) is 3.25. The van der Waals surface area contributed by atoms with Gasteiger partial charge in [-0.2, -0.15) is 0 Å². The molecule has 0 saturated carbocycles. The first kappa shape index (κ1) is 21.5. The minimum Gasteiger partial charge on any atom is -0.495 e. The molecule has 1 aromatic rings. The van der Waals surface area contributed by atoms with Crippen LogP contribution in [0.2, 0.25) is 0 Å². The summed E-state index contributed by atoms with van der Waals surface area (Å²) in [6.45, 7) is 6.75. The second-order valence-corrected chi connectivity index (χ2v) is 7.38. The van der Waals surface area contributed by atoms with Gasteiger partial charge in [0, 0.05) is 31.7 Å². The summed E-state index contributed by atoms with van der Waals surface area (Å²) in [6.07, 6.45) is 0.135. The van der Waals surface area contributed by atoms with Crippen LogP contribution in [0.4, 0.5) is 10.5 Å². The normalized spacial score (nSPS) is 15.1. The predicted molar refractivity (Wildman–Crippen MR) is 103 cm³/mol. The number of carbonyl (C=O) groups excluding carboxylic acids is 2. The summed E-state index contributed by atoms with van der Waals surface area (Å²) >= 11 is 0. The molecule has 0 aliphatic carbocycles. The Kier molecular flexibility index (Phi) is 6.85. The Morgan fingerprint density at radius 1 is 1.36 bits per heavy atom. The number of ether oxygens (including phenoxy) is 2. The third kappa shape index (κ3) is 5.59. The van der Waals surface area contributed by atoms with E-state index in [0.717, 1.165) is 0 Å². The van der Waals surface area contributed by atoms with Gasteiger partial charge in [-0.15, -0.1) is 0 Å². The van der Waals surface area contributed by atoms with Gasteiger partial charge in [-0.25, -0.2) is 9.59 Å². The van der Waals surface area contributed by atoms with E-state index in [4.69, 9.17) is 9.47 Å². The van der Waals surface area contributed by atoms with Crippen molar-refractivity contribution in [3.8, 4) is 5.75 Å². The first-order chi connectivity index (χ1) is 13.1. The van der Waals surface area contributed by atoms with Gasteiger partial charge in [0.05, 0.1) is 18.4 Å². The van der Waals surface area contributed by atoms with Crippen LogP contribution in [0, 0.1) is 0 Å². The lowest BCUT2D eigenvalue weighted by atomic mass is 10.1. The fourth-order valence-electron chi connectivity index (χ4n) is 2.73. The third-order valence-corrected chi connectivity index (χ3v) is 4.13. The van der Waals surface area contributed by atoms with Crippen LogP contribution in [0.25, 0.3) is 0 Å². The van der Waals surface area contributed by atoms with Crippen LogP contribution in [-0.2, 0) is 9.53 Å². The minimum atomic E-state index is -1.14. The van der Waals surface area contributed by atoms with Gasteiger partial charge in [0.2, 0.25) is 0 Å². The number of urea groups is 1. The lowest BCUT2D eigenvalue weighted by Crippen LogP contribution is -2.42. The Morgan fingerprint density at radius 3 is 2.61 bits per heavy atom. The topological polar surface area (TPSA) is 117 Å². The van der Waals surface area contributed by atoms with Gasteiger partial charge in [-0.05, 0) is 39.0 Å². The molecule has 154 valence electrons. The summed E-state index contributed by atoms with van der Waals surface area (Å²) < 4.78 is 10.8. The highest BCUT2D eigenvalue weighted by Gasteiger charge is 2.26. The number of hydrogen-bond donors (Lipinski definition) is 3. The molecular formula is C19H27N3O6. The van der Waals surface area contributed by atoms with Gasteiger partial charge in [0.1, 0.15) is 11.8 Å². The van der Waals surface area contributed by atoms with Crippen LogP contribution < -0.4 is 20.3 Å². The zero-order valence-corrected chi connectivity index (χ0v) is 16.6. The number of carboxylic acid groups (broad SMARTS) is 1. The monoisotopic (exact) mass is 393 g/mol. The lowest BCUT2D eigenvalue weighted by molar-refractivity contribution is -0.140. The van der Waals surface area contributed by atoms with Crippen molar-refractivity contribution >= 4 is 23.6 Å². The molecule has 1 unspecified atom stereocenters. The highest BCUT2D eigenvalue weighted by Crippen LogP contribution is 2.30. The van der Waals surface area contributed by atoms with Gasteiger partial charge >= 0.3 is 12.0 Å². The van der Waals surface area contributed by atoms with Gasteiger partial charge in [0.25, 0.3) is 5.91 Å². The molecule has 0 spiro atoms. The molecule has 1 saturated heterocycles. The molecule has 0 bridgehead atoms. The Balaban J connectivity index is 2.13. The summed E-state index contributed by atoms with van der Waals surface area (Å²) in [4.78, 5) is 37.5. The molecule has 1 aliphatic rings. The maximum Gasteiger partial charge on any atom is 0.326 e. The second kappa shape index (κ2) is 8.92. The zero-order valence-electron chi connectivity index (χ0n) is 16.6. The number of anilines is 1. The number of carboxylic acids is 1. The largest absolute Gasteiger partial charge is 0.495 e. The quantitative estimate of drug-likeness (QED) is 0.618. The summed E-state index contributed by atoms with van der Waals surface area (Å²) in [5.41, 5.74) is 0.292. The highest BCUT2D eigenvalue weighted by molar-refractivity contribution is 6.00. The van der Waals surface area contributed by atoms with Crippen molar-refractivity contribution in [2.75, 3.05) is 31.7 Å². The van der Waals surface area contributed by atoms with Crippen LogP contribution in [0.1, 0.15) is 37.6 Å². The maximum atomic E-state index is 12.6. The Labute approximate surface area is 164 Å². The van der Waals surface area contributed by atoms with Crippen LogP contribution >= 0.6 is 0 Å². The van der Waals surface area contributed by atoms with E-state index >= 15 is 0 Å². The smallest absolute Gasteiger partial charge is 0.326 e. The average molecular weight is 393 g/mol. The average Bonchev–Trinajstić information content (AvgIpc) is 3.04. The third-order valence-electron chi connectivity index (χ3n) is 4.13. The van der Waals surface area contributed by atoms with Crippen molar-refractivity contribution in [1.29, 1.82) is 0 Å². The molecule has 1 aliphatic heterocycles. The molecule has 0 radical (unpaired) electrons. The number of benzene rings is 1. The molecule has 0 aromatic heterocycles. The van der Waals surface area contributed by atoms with Gasteiger partial charge in [0.15, 0.2) is 0 Å². The van der Waals surface area contributed by atoms with E-state index in [1.165, 1.54) is 24.1 Å². The molecular weight excluding hydrogens is 366 g/mol. The maximum absolute atomic E-state index is 12.6. The standard InChI is InChI=1S/C19H27N3O6/c1-19(2,3)28-10-7-13(17(24)25)21-16(23)12-5-6-15(27-4)14(11-12)22-9-8-20-18(22)26/h5-6,11,13H,7-10H2,1-4H3,(H,20,26)(H,21,23)(H,24,25). The summed E-state index contributed by atoms with van der Waals surface area (Å²) in [7, 11) is 1.47. The first-order valence-electron chi connectivity index (χ1n) is 9.03. The van der Waals surface area contributed by atoms with E-state index in [1.54, 1.807) is 6.07 Å². The minimum absolute atomic E-state index is 0.135. The van der Waals surface area contributed by atoms with Crippen molar-refractivity contribution in [2.45, 2.75) is 38.8 Å². The molecule has 1 heterocycles. The van der Waals surface area contributed by atoms with Gasteiger partial charge < -0.3 is 25.2 Å². The second-order valence-electron chi connectivity index (χ2n) is 7.38. The molecule has 28 heavy (non-hydrogen) atoms. The number of nitrogens with one attached hydrogen (secondary N) is 2. The fourth-order valence-corrected chi connectivity index (χ4v) is 2.73. The van der Waals surface area contributed by atoms with E-state index in [2.05, 4.69) is 10.6 Å². The summed E-state index contributed by atoms with van der Waals surface area (Å²) in [5, 5.41) is 14.6. The Morgan fingerprint density at radius 2 is 2.07 bits per heavy atom. The van der Waals surface area contributed by atoms with Crippen LogP contribution in [0.15, 0.2) is 18.2 Å². The van der Waals surface area contributed by atoms with E-state index in [9.17, 15) is 19.5 Å². The molecule has 1 aromatic carbocycles. The number of hydrogen-bond acceptors (Lipinski definition) is 5. The molecule has 3 N–H and O–H groups in total. The number of aliphatic carboxylic acids is 1.